The van der Waals surface area contributed by atoms with Crippen LogP contribution in [0.4, 0.5) is 0 Å². The summed E-state index contributed by atoms with van der Waals surface area (Å²) in [4.78, 5) is 0. The van der Waals surface area contributed by atoms with Crippen LogP contribution in [0.5, 0.6) is 5.75 Å². The molecule has 0 radical (unpaired) electrons. The molecule has 0 amide bonds. The minimum atomic E-state index is 0.505. The topological polar surface area (TPSA) is 9.23 Å². The second kappa shape index (κ2) is 5.55. The summed E-state index contributed by atoms with van der Waals surface area (Å²) in [5.74, 6) is 0.856. The van der Waals surface area contributed by atoms with Crippen molar-refractivity contribution in [3.8, 4) is 16.9 Å². The summed E-state index contributed by atoms with van der Waals surface area (Å²) in [5.41, 5.74) is 2.15. The molecule has 86 valence electrons. The molecule has 0 unspecified atom stereocenters. The lowest BCUT2D eigenvalue weighted by atomic mass is 10.1. The second-order valence-electron chi connectivity index (χ2n) is 3.60. The highest BCUT2D eigenvalue weighted by Gasteiger charge is 2.04. The van der Waals surface area contributed by atoms with Crippen LogP contribution in [0.1, 0.15) is 0 Å². The average molecular weight is 245 g/mol. The average Bonchev–Trinajstić information content (AvgIpc) is 2.38. The van der Waals surface area contributed by atoms with E-state index in [1.54, 1.807) is 6.08 Å². The number of para-hydroxylation sites is 1. The zero-order valence-corrected chi connectivity index (χ0v) is 10.2. The predicted molar refractivity (Wildman–Crippen MR) is 72.6 cm³/mol. The van der Waals surface area contributed by atoms with E-state index in [1.807, 2.05) is 48.5 Å². The van der Waals surface area contributed by atoms with E-state index < -0.39 is 0 Å². The number of hydrogen-bond acceptors (Lipinski definition) is 1. The van der Waals surface area contributed by atoms with E-state index in [0.717, 1.165) is 21.9 Å². The number of benzene rings is 2. The Morgan fingerprint density at radius 2 is 1.76 bits per heavy atom. The van der Waals surface area contributed by atoms with E-state index in [4.69, 9.17) is 16.3 Å². The summed E-state index contributed by atoms with van der Waals surface area (Å²) in [6.07, 6.45) is 1.73. The molecule has 0 heterocycles. The van der Waals surface area contributed by atoms with Gasteiger partial charge in [-0.2, -0.15) is 0 Å². The summed E-state index contributed by atoms with van der Waals surface area (Å²) < 4.78 is 5.62. The first kappa shape index (κ1) is 11.7. The van der Waals surface area contributed by atoms with Gasteiger partial charge < -0.3 is 4.74 Å². The van der Waals surface area contributed by atoms with E-state index in [9.17, 15) is 0 Å². The summed E-state index contributed by atoms with van der Waals surface area (Å²) in [7, 11) is 0. The third kappa shape index (κ3) is 2.89. The highest BCUT2D eigenvalue weighted by molar-refractivity contribution is 6.30. The maximum atomic E-state index is 5.88. The Kier molecular flexibility index (Phi) is 3.84. The van der Waals surface area contributed by atoms with Crippen molar-refractivity contribution in [3.63, 3.8) is 0 Å². The van der Waals surface area contributed by atoms with E-state index in [0.29, 0.717) is 6.61 Å². The molecule has 1 nitrogen and oxygen atoms in total. The molecule has 2 heteroatoms. The molecule has 0 aliphatic heterocycles. The van der Waals surface area contributed by atoms with Gasteiger partial charge in [-0.15, -0.1) is 0 Å². The van der Waals surface area contributed by atoms with Gasteiger partial charge in [-0.25, -0.2) is 0 Å². The smallest absolute Gasteiger partial charge is 0.127 e. The van der Waals surface area contributed by atoms with Gasteiger partial charge in [0.05, 0.1) is 0 Å². The van der Waals surface area contributed by atoms with Gasteiger partial charge in [0.2, 0.25) is 0 Å². The van der Waals surface area contributed by atoms with Gasteiger partial charge in [-0.05, 0) is 23.8 Å². The molecule has 2 aromatic carbocycles. The molecule has 0 spiro atoms. The minimum Gasteiger partial charge on any atom is -0.489 e. The number of ether oxygens (including phenoxy) is 1. The lowest BCUT2D eigenvalue weighted by molar-refractivity contribution is 0.365. The van der Waals surface area contributed by atoms with Crippen LogP contribution in [0.2, 0.25) is 5.02 Å². The summed E-state index contributed by atoms with van der Waals surface area (Å²) in [5, 5.41) is 0.734. The Labute approximate surface area is 106 Å². The minimum absolute atomic E-state index is 0.505. The maximum absolute atomic E-state index is 5.88. The monoisotopic (exact) mass is 244 g/mol. The van der Waals surface area contributed by atoms with Crippen molar-refractivity contribution in [1.29, 1.82) is 0 Å². The molecule has 0 aliphatic carbocycles. The van der Waals surface area contributed by atoms with Crippen LogP contribution in [0.15, 0.2) is 61.2 Å². The predicted octanol–water partition coefficient (Wildman–Crippen LogP) is 4.57. The van der Waals surface area contributed by atoms with Crippen LogP contribution >= 0.6 is 11.6 Å². The van der Waals surface area contributed by atoms with Crippen molar-refractivity contribution < 1.29 is 4.74 Å². The van der Waals surface area contributed by atoms with Gasteiger partial charge in [-0.1, -0.05) is 54.6 Å². The Hall–Kier alpha value is -1.73. The van der Waals surface area contributed by atoms with E-state index in [1.165, 1.54) is 0 Å². The normalized spacial score (nSPS) is 9.94. The molecule has 0 fully saturated rings. The standard InChI is InChI=1S/C15H13ClO/c1-2-11-17-15-6-4-3-5-14(15)12-7-9-13(16)10-8-12/h2-10H,1,11H2. The summed E-state index contributed by atoms with van der Waals surface area (Å²) >= 11 is 5.88. The third-order valence-electron chi connectivity index (χ3n) is 2.40. The molecule has 0 saturated heterocycles. The Balaban J connectivity index is 2.36. The number of rotatable bonds is 4. The highest BCUT2D eigenvalue weighted by atomic mass is 35.5. The molecule has 0 saturated carbocycles. The second-order valence-corrected chi connectivity index (χ2v) is 4.04. The quantitative estimate of drug-likeness (QED) is 0.716. The Morgan fingerprint density at radius 3 is 2.47 bits per heavy atom. The largest absolute Gasteiger partial charge is 0.489 e. The van der Waals surface area contributed by atoms with Crippen LogP contribution in [0, 0.1) is 0 Å². The van der Waals surface area contributed by atoms with Crippen molar-refractivity contribution in [2.24, 2.45) is 0 Å². The molecule has 2 aromatic rings. The van der Waals surface area contributed by atoms with Crippen LogP contribution in [-0.4, -0.2) is 6.61 Å². The molecular formula is C15H13ClO. The lowest BCUT2D eigenvalue weighted by Gasteiger charge is -2.10. The van der Waals surface area contributed by atoms with Crippen LogP contribution in [-0.2, 0) is 0 Å². The van der Waals surface area contributed by atoms with Crippen molar-refractivity contribution >= 4 is 11.6 Å². The van der Waals surface area contributed by atoms with Gasteiger partial charge in [0, 0.05) is 10.6 Å². The van der Waals surface area contributed by atoms with Crippen molar-refractivity contribution in [3.05, 3.63) is 66.2 Å². The van der Waals surface area contributed by atoms with Gasteiger partial charge >= 0.3 is 0 Å². The SMILES string of the molecule is C=CCOc1ccccc1-c1ccc(Cl)cc1. The summed E-state index contributed by atoms with van der Waals surface area (Å²) in [6, 6.07) is 15.6. The molecule has 0 aromatic heterocycles. The number of halogens is 1. The van der Waals surface area contributed by atoms with Gasteiger partial charge in [0.25, 0.3) is 0 Å². The molecule has 0 N–H and O–H groups in total. The van der Waals surface area contributed by atoms with E-state index >= 15 is 0 Å². The maximum Gasteiger partial charge on any atom is 0.127 e. The van der Waals surface area contributed by atoms with Crippen LogP contribution < -0.4 is 4.74 Å². The first-order valence-corrected chi connectivity index (χ1v) is 5.77. The first-order valence-electron chi connectivity index (χ1n) is 5.40. The molecule has 0 bridgehead atoms. The Morgan fingerprint density at radius 1 is 1.06 bits per heavy atom. The number of hydrogen-bond donors (Lipinski definition) is 0. The molecule has 0 aliphatic rings. The lowest BCUT2D eigenvalue weighted by Crippen LogP contribution is -1.94. The van der Waals surface area contributed by atoms with Crippen molar-refractivity contribution in [2.75, 3.05) is 6.61 Å². The Bertz CT molecular complexity index is 503. The van der Waals surface area contributed by atoms with Gasteiger partial charge in [-0.3, -0.25) is 0 Å². The molecule has 2 rings (SSSR count). The van der Waals surface area contributed by atoms with Gasteiger partial charge in [0.15, 0.2) is 0 Å². The van der Waals surface area contributed by atoms with E-state index in [-0.39, 0.29) is 0 Å². The zero-order valence-electron chi connectivity index (χ0n) is 9.40. The van der Waals surface area contributed by atoms with Crippen LogP contribution in [0.25, 0.3) is 11.1 Å². The van der Waals surface area contributed by atoms with Gasteiger partial charge in [0.1, 0.15) is 12.4 Å². The summed E-state index contributed by atoms with van der Waals surface area (Å²) in [6.45, 7) is 4.15. The van der Waals surface area contributed by atoms with E-state index in [2.05, 4.69) is 6.58 Å². The first-order chi connectivity index (χ1) is 8.31. The van der Waals surface area contributed by atoms with Crippen molar-refractivity contribution in [1.82, 2.24) is 0 Å². The zero-order chi connectivity index (χ0) is 12.1. The third-order valence-corrected chi connectivity index (χ3v) is 2.65. The molecule has 0 atom stereocenters. The molecule has 17 heavy (non-hydrogen) atoms. The highest BCUT2D eigenvalue weighted by Crippen LogP contribution is 2.30. The molecular weight excluding hydrogens is 232 g/mol. The fourth-order valence-corrected chi connectivity index (χ4v) is 1.74. The fourth-order valence-electron chi connectivity index (χ4n) is 1.61. The van der Waals surface area contributed by atoms with Crippen molar-refractivity contribution in [2.45, 2.75) is 0 Å². The fraction of sp³-hybridized carbons (Fsp3) is 0.0667. The van der Waals surface area contributed by atoms with Crippen LogP contribution in [0.3, 0.4) is 0 Å².